The number of piperazine rings is 1. The Balaban J connectivity index is 1.55. The molecule has 1 aromatic carbocycles. The molecule has 25 heavy (non-hydrogen) atoms. The highest BCUT2D eigenvalue weighted by molar-refractivity contribution is 7.89. The van der Waals surface area contributed by atoms with Crippen LogP contribution in [0.5, 0.6) is 0 Å². The Hall–Kier alpha value is -1.70. The molecule has 3 rings (SSSR count). The van der Waals surface area contributed by atoms with E-state index in [1.165, 1.54) is 16.7 Å². The molecule has 2 heterocycles. The molecule has 134 valence electrons. The Morgan fingerprint density at radius 2 is 1.80 bits per heavy atom. The van der Waals surface area contributed by atoms with Gasteiger partial charge in [-0.15, -0.1) is 0 Å². The van der Waals surface area contributed by atoms with Gasteiger partial charge in [0, 0.05) is 17.4 Å². The number of carbonyl (C=O) groups excluding carboxylic acids is 1. The maximum absolute atomic E-state index is 12.6. The van der Waals surface area contributed by atoms with Crippen LogP contribution in [0.4, 0.5) is 0 Å². The van der Waals surface area contributed by atoms with Gasteiger partial charge in [-0.1, -0.05) is 12.1 Å². The van der Waals surface area contributed by atoms with Crippen molar-refractivity contribution in [2.45, 2.75) is 12.3 Å². The Kier molecular flexibility index (Phi) is 5.56. The zero-order valence-corrected chi connectivity index (χ0v) is 15.9. The van der Waals surface area contributed by atoms with Gasteiger partial charge >= 0.3 is 0 Å². The summed E-state index contributed by atoms with van der Waals surface area (Å²) in [7, 11) is -3.06. The second kappa shape index (κ2) is 7.68. The van der Waals surface area contributed by atoms with E-state index in [4.69, 9.17) is 0 Å². The fourth-order valence-electron chi connectivity index (χ4n) is 3.11. The van der Waals surface area contributed by atoms with Crippen molar-refractivity contribution in [2.75, 3.05) is 32.4 Å². The molecule has 5 nitrogen and oxygen atoms in total. The average Bonchev–Trinajstić information content (AvgIpc) is 3.07. The highest BCUT2D eigenvalue weighted by atomic mass is 32.2. The highest BCUT2D eigenvalue weighted by Gasteiger charge is 2.24. The fraction of sp³-hybridized carbons (Fsp3) is 0.389. The molecule has 0 radical (unpaired) electrons. The predicted octanol–water partition coefficient (Wildman–Crippen LogP) is 0.834. The third kappa shape index (κ3) is 5.14. The summed E-state index contributed by atoms with van der Waals surface area (Å²) in [6.45, 7) is 4.43. The maximum Gasteiger partial charge on any atom is 0.254 e. The number of thiophene rings is 1. The highest BCUT2D eigenvalue weighted by Crippen LogP contribution is 2.11. The van der Waals surface area contributed by atoms with E-state index >= 15 is 0 Å². The summed E-state index contributed by atoms with van der Waals surface area (Å²) < 4.78 is 22.7. The molecule has 0 bridgehead atoms. The lowest BCUT2D eigenvalue weighted by atomic mass is 10.1. The fourth-order valence-corrected chi connectivity index (χ4v) is 4.58. The molecular weight excluding hydrogens is 356 g/mol. The van der Waals surface area contributed by atoms with Gasteiger partial charge in [-0.25, -0.2) is 8.42 Å². The van der Waals surface area contributed by atoms with Crippen molar-refractivity contribution in [1.29, 1.82) is 0 Å². The largest absolute Gasteiger partial charge is 0.328 e. The van der Waals surface area contributed by atoms with Crippen molar-refractivity contribution in [3.05, 3.63) is 57.8 Å². The summed E-state index contributed by atoms with van der Waals surface area (Å²) >= 11 is 1.72. The summed E-state index contributed by atoms with van der Waals surface area (Å²) in [6, 6.07) is 9.08. The lowest BCUT2D eigenvalue weighted by Gasteiger charge is -2.32. The van der Waals surface area contributed by atoms with E-state index in [1.54, 1.807) is 35.6 Å². The van der Waals surface area contributed by atoms with Crippen LogP contribution in [0.15, 0.2) is 41.1 Å². The van der Waals surface area contributed by atoms with Gasteiger partial charge in [0.05, 0.1) is 31.9 Å². The number of benzene rings is 1. The average molecular weight is 380 g/mol. The number of nitrogens with zero attached hydrogens (tertiary/aromatic N) is 1. The summed E-state index contributed by atoms with van der Waals surface area (Å²) in [6.07, 6.45) is 1.21. The van der Waals surface area contributed by atoms with Crippen LogP contribution in [0.25, 0.3) is 0 Å². The molecule has 0 atom stereocenters. The minimum absolute atomic E-state index is 0.00604. The monoisotopic (exact) mass is 379 g/mol. The van der Waals surface area contributed by atoms with Crippen LogP contribution >= 0.6 is 11.3 Å². The minimum atomic E-state index is -3.06. The van der Waals surface area contributed by atoms with E-state index < -0.39 is 9.84 Å². The summed E-state index contributed by atoms with van der Waals surface area (Å²) in [5.74, 6) is 0.0343. The Labute approximate surface area is 152 Å². The first-order valence-electron chi connectivity index (χ1n) is 8.31. The molecule has 0 saturated carbocycles. The van der Waals surface area contributed by atoms with Gasteiger partial charge in [0.25, 0.3) is 5.91 Å². The zero-order chi connectivity index (χ0) is 17.9. The van der Waals surface area contributed by atoms with Crippen LogP contribution in [0.2, 0.25) is 0 Å². The first-order valence-corrected chi connectivity index (χ1v) is 11.3. The molecule has 0 unspecified atom stereocenters. The molecule has 1 fully saturated rings. The molecule has 0 aliphatic carbocycles. The lowest BCUT2D eigenvalue weighted by Crippen LogP contribution is -3.13. The first kappa shape index (κ1) is 18.1. The van der Waals surface area contributed by atoms with E-state index in [0.717, 1.165) is 32.7 Å². The Morgan fingerprint density at radius 1 is 1.12 bits per heavy atom. The van der Waals surface area contributed by atoms with Crippen LogP contribution in [0.1, 0.15) is 21.5 Å². The molecule has 7 heteroatoms. The van der Waals surface area contributed by atoms with Crippen molar-refractivity contribution in [3.63, 3.8) is 0 Å². The van der Waals surface area contributed by atoms with Crippen molar-refractivity contribution >= 4 is 27.1 Å². The SMILES string of the molecule is CS(=O)(=O)Cc1ccc(C(=O)N2CC[NH+](Cc3ccsc3)CC2)cc1. The summed E-state index contributed by atoms with van der Waals surface area (Å²) in [5, 5.41) is 4.28. The van der Waals surface area contributed by atoms with Gasteiger partial charge in [-0.05, 0) is 34.5 Å². The Bertz CT molecular complexity index is 807. The van der Waals surface area contributed by atoms with Gasteiger partial charge in [0.15, 0.2) is 9.84 Å². The van der Waals surface area contributed by atoms with Crippen LogP contribution in [-0.2, 0) is 22.1 Å². The van der Waals surface area contributed by atoms with E-state index in [0.29, 0.717) is 11.1 Å². The lowest BCUT2D eigenvalue weighted by molar-refractivity contribution is -0.917. The van der Waals surface area contributed by atoms with Crippen LogP contribution in [0.3, 0.4) is 0 Å². The van der Waals surface area contributed by atoms with Gasteiger partial charge < -0.3 is 9.80 Å². The first-order chi connectivity index (χ1) is 11.9. The van der Waals surface area contributed by atoms with Crippen LogP contribution < -0.4 is 4.90 Å². The summed E-state index contributed by atoms with van der Waals surface area (Å²) in [4.78, 5) is 16.0. The molecule has 1 aliphatic heterocycles. The second-order valence-corrected chi connectivity index (χ2v) is 9.54. The standard InChI is InChI=1S/C18H22N2O3S2/c1-25(22,23)14-15-2-4-17(5-3-15)18(21)20-9-7-19(8-10-20)12-16-6-11-24-13-16/h2-6,11,13H,7-10,12,14H2,1H3/p+1. The number of quaternary nitrogens is 1. The number of sulfone groups is 1. The van der Waals surface area contributed by atoms with Crippen LogP contribution in [0, 0.1) is 0 Å². The zero-order valence-electron chi connectivity index (χ0n) is 14.3. The van der Waals surface area contributed by atoms with Crippen LogP contribution in [-0.4, -0.2) is 51.7 Å². The third-order valence-electron chi connectivity index (χ3n) is 4.42. The van der Waals surface area contributed by atoms with Gasteiger partial charge in [-0.2, -0.15) is 11.3 Å². The third-order valence-corrected chi connectivity index (χ3v) is 6.01. The van der Waals surface area contributed by atoms with E-state index in [2.05, 4.69) is 16.8 Å². The molecule has 1 aromatic heterocycles. The number of hydrogen-bond acceptors (Lipinski definition) is 4. The van der Waals surface area contributed by atoms with Crippen molar-refractivity contribution < 1.29 is 18.1 Å². The molecule has 0 spiro atoms. The van der Waals surface area contributed by atoms with E-state index in [-0.39, 0.29) is 11.7 Å². The second-order valence-electron chi connectivity index (χ2n) is 6.62. The number of rotatable bonds is 5. The molecule has 1 saturated heterocycles. The summed E-state index contributed by atoms with van der Waals surface area (Å²) in [5.41, 5.74) is 2.70. The predicted molar refractivity (Wildman–Crippen MR) is 99.6 cm³/mol. The van der Waals surface area contributed by atoms with Crippen molar-refractivity contribution in [2.24, 2.45) is 0 Å². The van der Waals surface area contributed by atoms with Crippen molar-refractivity contribution in [3.8, 4) is 0 Å². The maximum atomic E-state index is 12.6. The smallest absolute Gasteiger partial charge is 0.254 e. The van der Waals surface area contributed by atoms with Gasteiger partial charge in [0.2, 0.25) is 0 Å². The number of carbonyl (C=O) groups is 1. The number of nitrogens with one attached hydrogen (secondary N) is 1. The Morgan fingerprint density at radius 3 is 2.36 bits per heavy atom. The van der Waals surface area contributed by atoms with E-state index in [9.17, 15) is 13.2 Å². The van der Waals surface area contributed by atoms with Gasteiger partial charge in [0.1, 0.15) is 6.54 Å². The minimum Gasteiger partial charge on any atom is -0.328 e. The molecular formula is C18H23N2O3S2+. The number of hydrogen-bond donors (Lipinski definition) is 1. The molecule has 1 N–H and O–H groups in total. The van der Waals surface area contributed by atoms with E-state index in [1.807, 2.05) is 4.90 Å². The normalized spacial score (nSPS) is 16.1. The molecule has 1 amide bonds. The molecule has 2 aromatic rings. The van der Waals surface area contributed by atoms with Crippen molar-refractivity contribution in [1.82, 2.24) is 4.90 Å². The number of amides is 1. The molecule has 1 aliphatic rings. The quantitative estimate of drug-likeness (QED) is 0.837. The topological polar surface area (TPSA) is 58.9 Å². The van der Waals surface area contributed by atoms with Gasteiger partial charge in [-0.3, -0.25) is 4.79 Å².